The normalized spacial score (nSPS) is 25.7. The predicted molar refractivity (Wildman–Crippen MR) is 248 cm³/mol. The highest BCUT2D eigenvalue weighted by Gasteiger charge is 2.50. The zero-order valence-corrected chi connectivity index (χ0v) is 37.8. The first-order chi connectivity index (χ1) is 30.0. The van der Waals surface area contributed by atoms with Crippen molar-refractivity contribution in [2.45, 2.75) is 198 Å². The molecule has 0 aromatic heterocycles. The van der Waals surface area contributed by atoms with E-state index >= 15 is 0 Å². The smallest absolute Gasteiger partial charge is 0.269 e. The number of benzene rings is 2. The maximum Gasteiger partial charge on any atom is 0.269 e. The molecule has 0 bridgehead atoms. The van der Waals surface area contributed by atoms with Gasteiger partial charge >= 0.3 is 0 Å². The number of guanidine groups is 2. The molecule has 2 aromatic carbocycles. The van der Waals surface area contributed by atoms with E-state index in [1.807, 2.05) is 12.1 Å². The monoisotopic (exact) mass is 850 g/mol. The number of carbonyl (C=O) groups is 2. The van der Waals surface area contributed by atoms with Gasteiger partial charge in [-0.15, -0.1) is 0 Å². The summed E-state index contributed by atoms with van der Waals surface area (Å²) in [6.45, 7) is 2.94. The van der Waals surface area contributed by atoms with E-state index in [0.29, 0.717) is 42.8 Å². The van der Waals surface area contributed by atoms with Crippen molar-refractivity contribution in [2.24, 2.45) is 45.1 Å². The lowest BCUT2D eigenvalue weighted by Gasteiger charge is -2.33. The second-order valence-corrected chi connectivity index (χ2v) is 20.1. The molecule has 62 heavy (non-hydrogen) atoms. The number of nitrogens with two attached hydrogens (primary N) is 2. The van der Waals surface area contributed by atoms with Gasteiger partial charge in [0.15, 0.2) is 11.9 Å². The molecule has 2 atom stereocenters. The summed E-state index contributed by atoms with van der Waals surface area (Å²) in [5.74, 6) is 3.52. The number of nitro benzene ring substituents is 1. The Hall–Kier alpha value is -4.28. The van der Waals surface area contributed by atoms with Crippen LogP contribution in [0.1, 0.15) is 184 Å². The van der Waals surface area contributed by atoms with E-state index in [1.165, 1.54) is 146 Å². The van der Waals surface area contributed by atoms with Crippen LogP contribution in [0.2, 0.25) is 0 Å². The number of hydrogen-bond acceptors (Lipinski definition) is 8. The van der Waals surface area contributed by atoms with Gasteiger partial charge in [-0.2, -0.15) is 0 Å². The van der Waals surface area contributed by atoms with Crippen LogP contribution in [0.4, 0.5) is 5.69 Å². The summed E-state index contributed by atoms with van der Waals surface area (Å²) >= 11 is 0. The topological polar surface area (TPSA) is 161 Å². The van der Waals surface area contributed by atoms with Gasteiger partial charge < -0.3 is 11.5 Å². The first-order valence-electron chi connectivity index (χ1n) is 24.7. The molecule has 11 nitrogen and oxygen atoms in total. The Balaban J connectivity index is 0.000000187. The van der Waals surface area contributed by atoms with Crippen LogP contribution in [0.25, 0.3) is 0 Å². The highest BCUT2D eigenvalue weighted by atomic mass is 16.6. The summed E-state index contributed by atoms with van der Waals surface area (Å²) < 4.78 is 0. The number of nitrogens with zero attached hydrogens (tertiary/aromatic N) is 5. The van der Waals surface area contributed by atoms with Crippen molar-refractivity contribution < 1.29 is 14.5 Å². The van der Waals surface area contributed by atoms with E-state index in [1.54, 1.807) is 21.9 Å². The molecule has 4 aliphatic carbocycles. The van der Waals surface area contributed by atoms with Crippen molar-refractivity contribution in [3.8, 4) is 0 Å². The standard InChI is InChI=1S/C26H39N3O.C25H36N4O3/c1-20-10-8-9-15-23(20)19-29-24(30)26(28-25(29)27,18-22-13-6-3-7-14-22)17-16-21-11-4-2-5-12-21;26-24-27-25(17-20-9-5-2-6-10-20,16-15-19-7-3-1-4-8-19)23(30)28(24)18-21-11-13-22(14-12-21)29(31)32/h8-10,15,21-22H,2-7,11-14,16-19H2,1H3,(H2,27,28);11-14,19-20H,1-10,15-18H2,(H2,26,27)/t26-;25-/m11/s1. The zero-order chi connectivity index (χ0) is 43.5. The molecule has 4 N–H and O–H groups in total. The van der Waals surface area contributed by atoms with Crippen LogP contribution in [0, 0.1) is 40.7 Å². The van der Waals surface area contributed by atoms with Gasteiger partial charge in [-0.25, -0.2) is 9.98 Å². The molecule has 0 radical (unpaired) electrons. The van der Waals surface area contributed by atoms with Crippen molar-refractivity contribution in [1.82, 2.24) is 9.80 Å². The molecule has 2 aliphatic heterocycles. The fourth-order valence-electron chi connectivity index (χ4n) is 11.9. The van der Waals surface area contributed by atoms with E-state index in [9.17, 15) is 19.7 Å². The van der Waals surface area contributed by atoms with Crippen LogP contribution in [-0.2, 0) is 22.7 Å². The number of carbonyl (C=O) groups excluding carboxylic acids is 2. The number of amides is 2. The number of hydrogen-bond donors (Lipinski definition) is 2. The SMILES string of the molecule is Cc1ccccc1CN1C(=O)[C@@](CCC2CCCCC2)(CC2CCCCC2)N=C1N.NC1=N[C@](CCC2CCCCC2)(CC2CCCCC2)C(=O)N1Cc1ccc([N+](=O)[O-])cc1. The molecular formula is C51H75N7O4. The zero-order valence-electron chi connectivity index (χ0n) is 37.8. The molecule has 2 heterocycles. The minimum absolute atomic E-state index is 0.0229. The highest BCUT2D eigenvalue weighted by molar-refractivity contribution is 6.07. The molecule has 0 unspecified atom stereocenters. The maximum atomic E-state index is 13.8. The highest BCUT2D eigenvalue weighted by Crippen LogP contribution is 2.43. The summed E-state index contributed by atoms with van der Waals surface area (Å²) in [5, 5.41) is 10.9. The minimum Gasteiger partial charge on any atom is -0.369 e. The van der Waals surface area contributed by atoms with E-state index in [4.69, 9.17) is 21.5 Å². The Bertz CT molecular complexity index is 1870. The molecule has 2 amide bonds. The lowest BCUT2D eigenvalue weighted by molar-refractivity contribution is -0.384. The summed E-state index contributed by atoms with van der Waals surface area (Å²) in [6.07, 6.45) is 31.2. The Kier molecular flexibility index (Phi) is 15.8. The van der Waals surface area contributed by atoms with E-state index in [2.05, 4.69) is 19.1 Å². The molecule has 4 saturated carbocycles. The second-order valence-electron chi connectivity index (χ2n) is 20.1. The molecule has 2 aromatic rings. The molecule has 8 rings (SSSR count). The van der Waals surface area contributed by atoms with E-state index in [-0.39, 0.29) is 17.5 Å². The molecule has 0 spiro atoms. The van der Waals surface area contributed by atoms with Crippen LogP contribution in [0.15, 0.2) is 58.5 Å². The second kappa shape index (κ2) is 21.4. The van der Waals surface area contributed by atoms with Crippen LogP contribution in [-0.4, -0.2) is 49.5 Å². The van der Waals surface area contributed by atoms with Gasteiger partial charge in [-0.1, -0.05) is 165 Å². The van der Waals surface area contributed by atoms with Gasteiger partial charge in [0.05, 0.1) is 18.0 Å². The number of rotatable bonds is 15. The fourth-order valence-corrected chi connectivity index (χ4v) is 11.9. The predicted octanol–water partition coefficient (Wildman–Crippen LogP) is 11.0. The third-order valence-electron chi connectivity index (χ3n) is 15.7. The summed E-state index contributed by atoms with van der Waals surface area (Å²) in [5.41, 5.74) is 14.6. The average molecular weight is 850 g/mol. The van der Waals surface area contributed by atoms with Gasteiger partial charge in [-0.05, 0) is 85.8 Å². The van der Waals surface area contributed by atoms with E-state index < -0.39 is 16.0 Å². The molecular weight excluding hydrogens is 775 g/mol. The number of nitro groups is 1. The lowest BCUT2D eigenvalue weighted by atomic mass is 9.75. The van der Waals surface area contributed by atoms with Gasteiger partial charge in [0.1, 0.15) is 11.1 Å². The third kappa shape index (κ3) is 11.4. The minimum atomic E-state index is -0.732. The number of non-ortho nitro benzene ring substituents is 1. The Morgan fingerprint density at radius 2 is 1.00 bits per heavy atom. The summed E-state index contributed by atoms with van der Waals surface area (Å²) in [6, 6.07) is 14.6. The largest absolute Gasteiger partial charge is 0.369 e. The lowest BCUT2D eigenvalue weighted by Crippen LogP contribution is -2.45. The molecule has 4 fully saturated rings. The van der Waals surface area contributed by atoms with Crippen molar-refractivity contribution in [2.75, 3.05) is 0 Å². The van der Waals surface area contributed by atoms with Gasteiger partial charge in [0.25, 0.3) is 17.5 Å². The van der Waals surface area contributed by atoms with Crippen molar-refractivity contribution in [1.29, 1.82) is 0 Å². The quantitative estimate of drug-likeness (QED) is 0.134. The van der Waals surface area contributed by atoms with Gasteiger partial charge in [0.2, 0.25) is 0 Å². The van der Waals surface area contributed by atoms with Crippen molar-refractivity contribution in [3.05, 3.63) is 75.3 Å². The first-order valence-corrected chi connectivity index (χ1v) is 24.7. The third-order valence-corrected chi connectivity index (χ3v) is 15.7. The van der Waals surface area contributed by atoms with Crippen LogP contribution in [0.3, 0.4) is 0 Å². The van der Waals surface area contributed by atoms with Gasteiger partial charge in [-0.3, -0.25) is 29.5 Å². The number of aliphatic imine (C=N–C) groups is 2. The Morgan fingerprint density at radius 3 is 1.42 bits per heavy atom. The van der Waals surface area contributed by atoms with Gasteiger partial charge in [0, 0.05) is 12.1 Å². The summed E-state index contributed by atoms with van der Waals surface area (Å²) in [4.78, 5) is 51.3. The fraction of sp³-hybridized carbons (Fsp3) is 0.686. The first kappa shape index (κ1) is 45.7. The molecule has 11 heteroatoms. The summed E-state index contributed by atoms with van der Waals surface area (Å²) in [7, 11) is 0. The number of aryl methyl sites for hydroxylation is 1. The molecule has 6 aliphatic rings. The van der Waals surface area contributed by atoms with Crippen LogP contribution in [0.5, 0.6) is 0 Å². The van der Waals surface area contributed by atoms with Crippen LogP contribution >= 0.6 is 0 Å². The maximum absolute atomic E-state index is 13.8. The van der Waals surface area contributed by atoms with Crippen LogP contribution < -0.4 is 11.5 Å². The van der Waals surface area contributed by atoms with E-state index in [0.717, 1.165) is 55.6 Å². The molecule has 0 saturated heterocycles. The molecule has 338 valence electrons. The Morgan fingerprint density at radius 1 is 0.597 bits per heavy atom. The average Bonchev–Trinajstić information content (AvgIpc) is 3.66. The van der Waals surface area contributed by atoms with Crippen molar-refractivity contribution in [3.63, 3.8) is 0 Å². The Labute approximate surface area is 371 Å². The van der Waals surface area contributed by atoms with Crippen molar-refractivity contribution >= 4 is 29.4 Å².